The van der Waals surface area contributed by atoms with Gasteiger partial charge in [0.05, 0.1) is 0 Å². The summed E-state index contributed by atoms with van der Waals surface area (Å²) in [5, 5.41) is 0. The van der Waals surface area contributed by atoms with Crippen molar-refractivity contribution < 1.29 is 8.85 Å². The minimum absolute atomic E-state index is 0.893. The van der Waals surface area contributed by atoms with E-state index in [1.165, 1.54) is 0 Å². The van der Waals surface area contributed by atoms with Crippen LogP contribution in [0.3, 0.4) is 0 Å². The zero-order chi connectivity index (χ0) is 11.7. The Kier molecular flexibility index (Phi) is 3.50. The van der Waals surface area contributed by atoms with Gasteiger partial charge in [0.2, 0.25) is 16.6 Å². The first-order chi connectivity index (χ1) is 6.67. The first-order valence-electron chi connectivity index (χ1n) is 5.45. The average Bonchev–Trinajstić information content (AvgIpc) is 2.29. The minimum Gasteiger partial charge on any atom is -0.544 e. The van der Waals surface area contributed by atoms with Crippen LogP contribution in [-0.4, -0.2) is 16.6 Å². The van der Waals surface area contributed by atoms with E-state index in [-0.39, 0.29) is 0 Å². The van der Waals surface area contributed by atoms with Gasteiger partial charge in [-0.1, -0.05) is 6.08 Å². The maximum atomic E-state index is 6.01. The summed E-state index contributed by atoms with van der Waals surface area (Å²) in [6.45, 7) is 13.2. The van der Waals surface area contributed by atoms with E-state index in [1.54, 1.807) is 0 Å². The maximum Gasteiger partial charge on any atom is 0.242 e. The molecule has 0 atom stereocenters. The number of allylic oxidation sites excluding steroid dienone is 2. The smallest absolute Gasteiger partial charge is 0.242 e. The van der Waals surface area contributed by atoms with Crippen molar-refractivity contribution in [3.8, 4) is 0 Å². The molecule has 4 heteroatoms. The first kappa shape index (κ1) is 12.6. The lowest BCUT2D eigenvalue weighted by molar-refractivity contribution is 0.353. The third kappa shape index (κ3) is 4.70. The maximum absolute atomic E-state index is 6.01. The molecule has 0 amide bonds. The summed E-state index contributed by atoms with van der Waals surface area (Å²) in [6.07, 6.45) is 5.06. The zero-order valence-corrected chi connectivity index (χ0v) is 12.7. The molecule has 1 aliphatic carbocycles. The SMILES string of the molecule is C[Si](C)(C)OC1=C(O[Si](C)(C)C)CC=C1. The molecule has 0 aromatic rings. The van der Waals surface area contributed by atoms with Crippen molar-refractivity contribution in [1.29, 1.82) is 0 Å². The number of rotatable bonds is 4. The van der Waals surface area contributed by atoms with Gasteiger partial charge in [-0.05, 0) is 45.4 Å². The first-order valence-corrected chi connectivity index (χ1v) is 12.3. The van der Waals surface area contributed by atoms with Crippen molar-refractivity contribution in [2.75, 3.05) is 0 Å². The van der Waals surface area contributed by atoms with Crippen molar-refractivity contribution in [3.05, 3.63) is 23.7 Å². The average molecular weight is 242 g/mol. The van der Waals surface area contributed by atoms with Gasteiger partial charge in [-0.15, -0.1) is 0 Å². The monoisotopic (exact) mass is 242 g/mol. The summed E-state index contributed by atoms with van der Waals surface area (Å²) in [4.78, 5) is 0. The molecule has 0 bridgehead atoms. The van der Waals surface area contributed by atoms with E-state index in [0.29, 0.717) is 0 Å². The molecule has 0 aromatic carbocycles. The van der Waals surface area contributed by atoms with Gasteiger partial charge in [0, 0.05) is 6.42 Å². The van der Waals surface area contributed by atoms with E-state index in [2.05, 4.69) is 45.4 Å². The molecule has 0 aliphatic heterocycles. The molecule has 86 valence electrons. The van der Waals surface area contributed by atoms with Crippen molar-refractivity contribution in [2.45, 2.75) is 45.7 Å². The van der Waals surface area contributed by atoms with E-state index in [4.69, 9.17) is 8.85 Å². The Bertz CT molecular complexity index is 293. The van der Waals surface area contributed by atoms with Crippen LogP contribution in [0.1, 0.15) is 6.42 Å². The largest absolute Gasteiger partial charge is 0.544 e. The van der Waals surface area contributed by atoms with Crippen LogP contribution < -0.4 is 0 Å². The van der Waals surface area contributed by atoms with Gasteiger partial charge in [0.15, 0.2) is 0 Å². The molecule has 0 spiro atoms. The van der Waals surface area contributed by atoms with Crippen molar-refractivity contribution in [1.82, 2.24) is 0 Å². The minimum atomic E-state index is -1.51. The van der Waals surface area contributed by atoms with Gasteiger partial charge in [0.1, 0.15) is 11.5 Å². The molecule has 0 N–H and O–H groups in total. The lowest BCUT2D eigenvalue weighted by atomic mass is 10.4. The van der Waals surface area contributed by atoms with E-state index in [1.807, 2.05) is 6.08 Å². The quantitative estimate of drug-likeness (QED) is 0.697. The third-order valence-electron chi connectivity index (χ3n) is 1.69. The lowest BCUT2D eigenvalue weighted by Crippen LogP contribution is -2.28. The Hall–Kier alpha value is -0.486. The molecule has 1 aliphatic rings. The van der Waals surface area contributed by atoms with E-state index >= 15 is 0 Å². The Labute approximate surface area is 95.2 Å². The van der Waals surface area contributed by atoms with E-state index in [0.717, 1.165) is 17.9 Å². The molecule has 0 aromatic heterocycles. The van der Waals surface area contributed by atoms with Gasteiger partial charge in [0.25, 0.3) is 0 Å². The van der Waals surface area contributed by atoms with Crippen LogP contribution in [0.5, 0.6) is 0 Å². The molecule has 0 fully saturated rings. The molecular formula is C11H22O2Si2. The van der Waals surface area contributed by atoms with Crippen LogP contribution in [0, 0.1) is 0 Å². The molecule has 0 radical (unpaired) electrons. The fourth-order valence-corrected chi connectivity index (χ4v) is 3.11. The molecule has 0 saturated heterocycles. The van der Waals surface area contributed by atoms with Crippen LogP contribution >= 0.6 is 0 Å². The molecule has 0 heterocycles. The standard InChI is InChI=1S/C11H22O2Si2/c1-14(2,3)12-10-8-7-9-11(10)13-15(4,5)6/h7-8H,9H2,1-6H3. The lowest BCUT2D eigenvalue weighted by Gasteiger charge is -2.25. The predicted octanol–water partition coefficient (Wildman–Crippen LogP) is 3.86. The molecule has 0 saturated carbocycles. The summed E-state index contributed by atoms with van der Waals surface area (Å²) in [6, 6.07) is 0. The predicted molar refractivity (Wildman–Crippen MR) is 69.6 cm³/mol. The second kappa shape index (κ2) is 4.17. The molecule has 0 unspecified atom stereocenters. The van der Waals surface area contributed by atoms with E-state index < -0.39 is 16.6 Å². The van der Waals surface area contributed by atoms with Crippen LogP contribution in [0.15, 0.2) is 23.7 Å². The Morgan fingerprint density at radius 3 is 1.93 bits per heavy atom. The zero-order valence-electron chi connectivity index (χ0n) is 10.7. The molecular weight excluding hydrogens is 220 g/mol. The molecule has 15 heavy (non-hydrogen) atoms. The molecule has 1 rings (SSSR count). The fourth-order valence-electron chi connectivity index (χ4n) is 1.35. The summed E-state index contributed by atoms with van der Waals surface area (Å²) in [7, 11) is -3.01. The number of hydrogen-bond acceptors (Lipinski definition) is 2. The van der Waals surface area contributed by atoms with Crippen molar-refractivity contribution >= 4 is 16.6 Å². The van der Waals surface area contributed by atoms with Gasteiger partial charge >= 0.3 is 0 Å². The summed E-state index contributed by atoms with van der Waals surface area (Å²) in [5.74, 6) is 2.01. The van der Waals surface area contributed by atoms with Crippen molar-refractivity contribution in [3.63, 3.8) is 0 Å². The fraction of sp³-hybridized carbons (Fsp3) is 0.636. The van der Waals surface area contributed by atoms with Gasteiger partial charge < -0.3 is 8.85 Å². The third-order valence-corrected chi connectivity index (χ3v) is 3.38. The summed E-state index contributed by atoms with van der Waals surface area (Å²) in [5.41, 5.74) is 0. The van der Waals surface area contributed by atoms with Gasteiger partial charge in [-0.25, -0.2) is 0 Å². The Balaban J connectivity index is 2.74. The van der Waals surface area contributed by atoms with E-state index in [9.17, 15) is 0 Å². The van der Waals surface area contributed by atoms with Crippen LogP contribution in [0.2, 0.25) is 39.3 Å². The number of hydrogen-bond donors (Lipinski definition) is 0. The highest BCUT2D eigenvalue weighted by Crippen LogP contribution is 2.26. The highest BCUT2D eigenvalue weighted by Gasteiger charge is 2.25. The highest BCUT2D eigenvalue weighted by atomic mass is 28.4. The summed E-state index contributed by atoms with van der Waals surface area (Å²) >= 11 is 0. The summed E-state index contributed by atoms with van der Waals surface area (Å²) < 4.78 is 12.0. The van der Waals surface area contributed by atoms with Gasteiger partial charge in [-0.2, -0.15) is 0 Å². The highest BCUT2D eigenvalue weighted by molar-refractivity contribution is 6.70. The van der Waals surface area contributed by atoms with Crippen LogP contribution in [0.25, 0.3) is 0 Å². The Morgan fingerprint density at radius 2 is 1.47 bits per heavy atom. The van der Waals surface area contributed by atoms with Crippen LogP contribution in [-0.2, 0) is 8.85 Å². The van der Waals surface area contributed by atoms with Crippen molar-refractivity contribution in [2.24, 2.45) is 0 Å². The second-order valence-electron chi connectivity index (χ2n) is 5.82. The van der Waals surface area contributed by atoms with Gasteiger partial charge in [-0.3, -0.25) is 0 Å². The molecule has 2 nitrogen and oxygen atoms in total. The Morgan fingerprint density at radius 1 is 0.933 bits per heavy atom. The second-order valence-corrected chi connectivity index (χ2v) is 14.7. The van der Waals surface area contributed by atoms with Crippen LogP contribution in [0.4, 0.5) is 0 Å². The normalized spacial score (nSPS) is 17.2. The topological polar surface area (TPSA) is 18.5 Å².